The molecule has 3 aromatic rings. The van der Waals surface area contributed by atoms with Crippen LogP contribution in [-0.4, -0.2) is 54.7 Å². The molecule has 0 atom stereocenters. The van der Waals surface area contributed by atoms with Crippen molar-refractivity contribution >= 4 is 44.0 Å². The van der Waals surface area contributed by atoms with Crippen LogP contribution in [0.15, 0.2) is 36.7 Å². The van der Waals surface area contributed by atoms with Gasteiger partial charge in [0.2, 0.25) is 10.0 Å². The molecule has 0 bridgehead atoms. The monoisotopic (exact) mass is 494 g/mol. The zero-order valence-corrected chi connectivity index (χ0v) is 19.8. The summed E-state index contributed by atoms with van der Waals surface area (Å²) >= 11 is 5.89. The predicted molar refractivity (Wildman–Crippen MR) is 125 cm³/mol. The first-order chi connectivity index (χ1) is 15.8. The molecule has 1 saturated heterocycles. The molecule has 33 heavy (non-hydrogen) atoms. The number of hydrogen-bond donors (Lipinski definition) is 1. The van der Waals surface area contributed by atoms with E-state index < -0.39 is 15.8 Å². The first-order valence-electron chi connectivity index (χ1n) is 10.5. The molecule has 0 saturated carbocycles. The molecule has 0 aliphatic carbocycles. The summed E-state index contributed by atoms with van der Waals surface area (Å²) in [5.74, 6) is 1.11. The number of fused-ring (bicyclic) bond motifs is 1. The van der Waals surface area contributed by atoms with Gasteiger partial charge in [-0.2, -0.15) is 0 Å². The molecule has 0 amide bonds. The van der Waals surface area contributed by atoms with Crippen molar-refractivity contribution in [1.29, 1.82) is 0 Å². The summed E-state index contributed by atoms with van der Waals surface area (Å²) in [6.07, 6.45) is 2.41. The third kappa shape index (κ3) is 5.13. The van der Waals surface area contributed by atoms with Crippen LogP contribution in [0.4, 0.5) is 15.9 Å². The van der Waals surface area contributed by atoms with Crippen LogP contribution >= 0.6 is 11.6 Å². The Labute approximate surface area is 196 Å². The number of hydrogen-bond acceptors (Lipinski definition) is 7. The summed E-state index contributed by atoms with van der Waals surface area (Å²) < 4.78 is 51.0. The van der Waals surface area contributed by atoms with Gasteiger partial charge in [-0.1, -0.05) is 11.6 Å². The molecule has 1 aromatic heterocycles. The fourth-order valence-corrected chi connectivity index (χ4v) is 5.03. The van der Waals surface area contributed by atoms with Crippen molar-refractivity contribution < 1.29 is 22.3 Å². The van der Waals surface area contributed by atoms with Gasteiger partial charge in [-0.25, -0.2) is 27.1 Å². The number of benzene rings is 2. The van der Waals surface area contributed by atoms with Crippen molar-refractivity contribution in [3.8, 4) is 11.5 Å². The molecule has 1 aliphatic rings. The minimum absolute atomic E-state index is 0.000447. The van der Waals surface area contributed by atoms with E-state index in [4.69, 9.17) is 21.1 Å². The SMILES string of the molecule is CCS(=O)(=O)N1CCC(Oc2cc3c(Nc4ccc(F)c(Cl)c4)ncnc3cc2OC)CC1. The molecule has 0 spiro atoms. The largest absolute Gasteiger partial charge is 0.493 e. The average Bonchev–Trinajstić information content (AvgIpc) is 2.82. The van der Waals surface area contributed by atoms with E-state index in [0.29, 0.717) is 59.8 Å². The molecule has 1 fully saturated rings. The van der Waals surface area contributed by atoms with E-state index in [0.717, 1.165) is 0 Å². The fraction of sp³-hybridized carbons (Fsp3) is 0.364. The Hall–Kier alpha value is -2.69. The van der Waals surface area contributed by atoms with Crippen LogP contribution in [0.25, 0.3) is 10.9 Å². The summed E-state index contributed by atoms with van der Waals surface area (Å²) in [6, 6.07) is 7.86. The van der Waals surface area contributed by atoms with Crippen LogP contribution in [0.2, 0.25) is 5.02 Å². The first kappa shape index (κ1) is 23.5. The van der Waals surface area contributed by atoms with Crippen LogP contribution in [0.1, 0.15) is 19.8 Å². The maximum absolute atomic E-state index is 13.5. The Morgan fingerprint density at radius 2 is 1.94 bits per heavy atom. The lowest BCUT2D eigenvalue weighted by Crippen LogP contribution is -2.42. The highest BCUT2D eigenvalue weighted by Gasteiger charge is 2.28. The minimum Gasteiger partial charge on any atom is -0.493 e. The molecule has 1 aliphatic heterocycles. The average molecular weight is 495 g/mol. The number of aromatic nitrogens is 2. The first-order valence-corrected chi connectivity index (χ1v) is 12.5. The van der Waals surface area contributed by atoms with E-state index in [1.165, 1.54) is 22.8 Å². The van der Waals surface area contributed by atoms with Crippen LogP contribution in [0.5, 0.6) is 11.5 Å². The number of sulfonamides is 1. The Morgan fingerprint density at radius 3 is 2.61 bits per heavy atom. The Balaban J connectivity index is 1.59. The normalized spacial score (nSPS) is 15.5. The molecule has 11 heteroatoms. The summed E-state index contributed by atoms with van der Waals surface area (Å²) in [5, 5.41) is 3.82. The second-order valence-electron chi connectivity index (χ2n) is 7.61. The van der Waals surface area contributed by atoms with Crippen LogP contribution < -0.4 is 14.8 Å². The van der Waals surface area contributed by atoms with Crippen LogP contribution in [-0.2, 0) is 10.0 Å². The molecular weight excluding hydrogens is 471 g/mol. The van der Waals surface area contributed by atoms with Crippen molar-refractivity contribution in [1.82, 2.24) is 14.3 Å². The van der Waals surface area contributed by atoms with Gasteiger partial charge in [-0.05, 0) is 44.0 Å². The van der Waals surface area contributed by atoms with Gasteiger partial charge in [-0.15, -0.1) is 0 Å². The van der Waals surface area contributed by atoms with E-state index in [2.05, 4.69) is 15.3 Å². The molecule has 2 heterocycles. The Bertz CT molecular complexity index is 1270. The number of methoxy groups -OCH3 is 1. The lowest BCUT2D eigenvalue weighted by atomic mass is 10.1. The second-order valence-corrected chi connectivity index (χ2v) is 10.3. The van der Waals surface area contributed by atoms with Gasteiger partial charge in [0.25, 0.3) is 0 Å². The number of piperidine rings is 1. The Kier molecular flexibility index (Phi) is 6.87. The van der Waals surface area contributed by atoms with E-state index >= 15 is 0 Å². The third-order valence-corrected chi connectivity index (χ3v) is 7.73. The standard InChI is InChI=1S/C22H24ClFN4O4S/c1-3-33(29,30)28-8-6-15(7-9-28)32-21-11-16-19(12-20(21)31-2)25-13-26-22(16)27-14-4-5-18(24)17(23)10-14/h4-5,10-13,15H,3,6-9H2,1-2H3,(H,25,26,27). The number of nitrogens with one attached hydrogen (secondary N) is 1. The van der Waals surface area contributed by atoms with Crippen molar-refractivity contribution in [2.45, 2.75) is 25.9 Å². The van der Waals surface area contributed by atoms with E-state index in [-0.39, 0.29) is 16.9 Å². The van der Waals surface area contributed by atoms with Crippen LogP contribution in [0, 0.1) is 5.82 Å². The molecule has 1 N–H and O–H groups in total. The zero-order valence-electron chi connectivity index (χ0n) is 18.2. The van der Waals surface area contributed by atoms with Gasteiger partial charge >= 0.3 is 0 Å². The Morgan fingerprint density at radius 1 is 1.18 bits per heavy atom. The molecule has 4 rings (SSSR count). The van der Waals surface area contributed by atoms with Gasteiger partial charge in [0, 0.05) is 30.2 Å². The van der Waals surface area contributed by atoms with Crippen LogP contribution in [0.3, 0.4) is 0 Å². The lowest BCUT2D eigenvalue weighted by Gasteiger charge is -2.31. The quantitative estimate of drug-likeness (QED) is 0.521. The third-order valence-electron chi connectivity index (χ3n) is 5.56. The smallest absolute Gasteiger partial charge is 0.213 e. The lowest BCUT2D eigenvalue weighted by molar-refractivity contribution is 0.131. The van der Waals surface area contributed by atoms with Gasteiger partial charge in [-0.3, -0.25) is 0 Å². The highest BCUT2D eigenvalue weighted by molar-refractivity contribution is 7.89. The number of halogens is 2. The van der Waals surface area contributed by atoms with Crippen molar-refractivity contribution in [2.24, 2.45) is 0 Å². The van der Waals surface area contributed by atoms with Gasteiger partial charge in [0.15, 0.2) is 11.5 Å². The summed E-state index contributed by atoms with van der Waals surface area (Å²) in [5.41, 5.74) is 1.21. The van der Waals surface area contributed by atoms with Gasteiger partial charge in [0.05, 0.1) is 23.4 Å². The topological polar surface area (TPSA) is 93.7 Å². The van der Waals surface area contributed by atoms with Gasteiger partial charge < -0.3 is 14.8 Å². The van der Waals surface area contributed by atoms with E-state index in [1.54, 1.807) is 32.2 Å². The second kappa shape index (κ2) is 9.66. The summed E-state index contributed by atoms with van der Waals surface area (Å²) in [4.78, 5) is 8.63. The summed E-state index contributed by atoms with van der Waals surface area (Å²) in [6.45, 7) is 2.47. The zero-order chi connectivity index (χ0) is 23.6. The van der Waals surface area contributed by atoms with Crippen molar-refractivity contribution in [2.75, 3.05) is 31.3 Å². The van der Waals surface area contributed by atoms with Crippen molar-refractivity contribution in [3.63, 3.8) is 0 Å². The number of nitrogens with zero attached hydrogens (tertiary/aromatic N) is 3. The molecule has 2 aromatic carbocycles. The molecule has 0 unspecified atom stereocenters. The molecule has 8 nitrogen and oxygen atoms in total. The van der Waals surface area contributed by atoms with Gasteiger partial charge in [0.1, 0.15) is 24.1 Å². The maximum Gasteiger partial charge on any atom is 0.213 e. The number of rotatable bonds is 7. The van der Waals surface area contributed by atoms with E-state index in [1.807, 2.05) is 0 Å². The number of anilines is 2. The molecular formula is C22H24ClFN4O4S. The fourth-order valence-electron chi connectivity index (χ4n) is 3.72. The van der Waals surface area contributed by atoms with Crippen molar-refractivity contribution in [3.05, 3.63) is 47.5 Å². The minimum atomic E-state index is -3.20. The molecule has 0 radical (unpaired) electrons. The highest BCUT2D eigenvalue weighted by Crippen LogP contribution is 2.36. The maximum atomic E-state index is 13.5. The molecule has 176 valence electrons. The predicted octanol–water partition coefficient (Wildman–Crippen LogP) is 4.37. The highest BCUT2D eigenvalue weighted by atomic mass is 35.5. The number of ether oxygens (including phenoxy) is 2. The summed E-state index contributed by atoms with van der Waals surface area (Å²) in [7, 11) is -1.66. The van der Waals surface area contributed by atoms with E-state index in [9.17, 15) is 12.8 Å².